The SMILES string of the molecule is NCCCC(N)S(=O)(=O)[O-].[Na+]. The summed E-state index contributed by atoms with van der Waals surface area (Å²) in [5.74, 6) is 0. The molecule has 7 heteroatoms. The van der Waals surface area contributed by atoms with Crippen molar-refractivity contribution < 1.29 is 42.5 Å². The third-order valence-electron chi connectivity index (χ3n) is 1.06. The molecule has 5 nitrogen and oxygen atoms in total. The van der Waals surface area contributed by atoms with Gasteiger partial charge >= 0.3 is 29.6 Å². The van der Waals surface area contributed by atoms with E-state index in [2.05, 4.69) is 0 Å². The average molecular weight is 190 g/mol. The van der Waals surface area contributed by atoms with Crippen molar-refractivity contribution in [3.05, 3.63) is 0 Å². The Bertz CT molecular complexity index is 182. The predicted octanol–water partition coefficient (Wildman–Crippen LogP) is -4.44. The molecule has 0 aromatic carbocycles. The molecular formula is C4H11N2NaO3S. The molecule has 0 heterocycles. The van der Waals surface area contributed by atoms with Gasteiger partial charge < -0.3 is 16.0 Å². The third-order valence-corrected chi connectivity index (χ3v) is 2.04. The summed E-state index contributed by atoms with van der Waals surface area (Å²) in [5.41, 5.74) is 10.0. The van der Waals surface area contributed by atoms with Gasteiger partial charge in [0.25, 0.3) is 0 Å². The molecule has 1 unspecified atom stereocenters. The van der Waals surface area contributed by atoms with Crippen LogP contribution in [-0.2, 0) is 10.1 Å². The molecule has 0 aliphatic heterocycles. The van der Waals surface area contributed by atoms with Gasteiger partial charge in [-0.2, -0.15) is 0 Å². The molecule has 0 bridgehead atoms. The maximum absolute atomic E-state index is 10.1. The van der Waals surface area contributed by atoms with Gasteiger partial charge in [0, 0.05) is 0 Å². The Hall–Kier alpha value is 0.830. The van der Waals surface area contributed by atoms with E-state index >= 15 is 0 Å². The second kappa shape index (κ2) is 6.36. The van der Waals surface area contributed by atoms with Gasteiger partial charge in [-0.15, -0.1) is 0 Å². The summed E-state index contributed by atoms with van der Waals surface area (Å²) in [4.78, 5) is 0. The molecule has 1 atom stereocenters. The van der Waals surface area contributed by atoms with E-state index in [0.717, 1.165) is 0 Å². The van der Waals surface area contributed by atoms with Gasteiger partial charge in [-0.3, -0.25) is 0 Å². The first kappa shape index (κ1) is 14.4. The fraction of sp³-hybridized carbons (Fsp3) is 1.00. The molecular weight excluding hydrogens is 179 g/mol. The molecule has 0 amide bonds. The van der Waals surface area contributed by atoms with Crippen molar-refractivity contribution in [2.45, 2.75) is 18.2 Å². The van der Waals surface area contributed by atoms with E-state index in [-0.39, 0.29) is 36.0 Å². The Morgan fingerprint density at radius 1 is 1.45 bits per heavy atom. The summed E-state index contributed by atoms with van der Waals surface area (Å²) < 4.78 is 30.3. The van der Waals surface area contributed by atoms with E-state index in [4.69, 9.17) is 11.5 Å². The van der Waals surface area contributed by atoms with Crippen LogP contribution in [0.15, 0.2) is 0 Å². The zero-order valence-corrected chi connectivity index (χ0v) is 9.30. The summed E-state index contributed by atoms with van der Waals surface area (Å²) >= 11 is 0. The van der Waals surface area contributed by atoms with Gasteiger partial charge in [-0.05, 0) is 19.4 Å². The summed E-state index contributed by atoms with van der Waals surface area (Å²) in [6.07, 6.45) is 0.602. The summed E-state index contributed by atoms with van der Waals surface area (Å²) in [6.45, 7) is 0.350. The minimum Gasteiger partial charge on any atom is -0.747 e. The molecule has 0 saturated carbocycles. The van der Waals surface area contributed by atoms with Crippen LogP contribution >= 0.6 is 0 Å². The zero-order valence-electron chi connectivity index (χ0n) is 6.49. The Morgan fingerprint density at radius 3 is 2.18 bits per heavy atom. The molecule has 0 spiro atoms. The van der Waals surface area contributed by atoms with Gasteiger partial charge in [-0.1, -0.05) is 0 Å². The summed E-state index contributed by atoms with van der Waals surface area (Å²) in [6, 6.07) is 0. The third kappa shape index (κ3) is 7.20. The van der Waals surface area contributed by atoms with Gasteiger partial charge in [0.1, 0.15) is 10.1 Å². The van der Waals surface area contributed by atoms with Crippen molar-refractivity contribution in [1.29, 1.82) is 0 Å². The van der Waals surface area contributed by atoms with Crippen LogP contribution in [0.3, 0.4) is 0 Å². The Labute approximate surface area is 88.6 Å². The second-order valence-corrected chi connectivity index (χ2v) is 3.55. The fourth-order valence-electron chi connectivity index (χ4n) is 0.463. The first-order chi connectivity index (χ1) is 4.48. The van der Waals surface area contributed by atoms with E-state index < -0.39 is 15.5 Å². The van der Waals surface area contributed by atoms with E-state index in [0.29, 0.717) is 13.0 Å². The molecule has 0 radical (unpaired) electrons. The summed E-state index contributed by atoms with van der Waals surface area (Å²) in [7, 11) is -4.30. The van der Waals surface area contributed by atoms with E-state index in [1.54, 1.807) is 0 Å². The summed E-state index contributed by atoms with van der Waals surface area (Å²) in [5, 5.41) is -1.30. The second-order valence-electron chi connectivity index (χ2n) is 1.96. The van der Waals surface area contributed by atoms with Crippen LogP contribution in [0.4, 0.5) is 0 Å². The number of rotatable bonds is 4. The Morgan fingerprint density at radius 2 is 1.91 bits per heavy atom. The van der Waals surface area contributed by atoms with Crippen LogP contribution < -0.4 is 41.0 Å². The van der Waals surface area contributed by atoms with Crippen LogP contribution in [0.25, 0.3) is 0 Å². The van der Waals surface area contributed by atoms with Crippen LogP contribution in [-0.4, -0.2) is 24.9 Å². The zero-order chi connectivity index (χ0) is 8.20. The maximum atomic E-state index is 10.1. The molecule has 0 aromatic heterocycles. The van der Waals surface area contributed by atoms with Gasteiger partial charge in [-0.25, -0.2) is 8.42 Å². The fourth-order valence-corrected chi connectivity index (χ4v) is 0.919. The van der Waals surface area contributed by atoms with E-state index in [9.17, 15) is 13.0 Å². The predicted molar refractivity (Wildman–Crippen MR) is 36.0 cm³/mol. The van der Waals surface area contributed by atoms with Crippen LogP contribution in [0.2, 0.25) is 0 Å². The molecule has 0 aromatic rings. The molecule has 11 heavy (non-hydrogen) atoms. The van der Waals surface area contributed by atoms with Crippen molar-refractivity contribution in [3.8, 4) is 0 Å². The number of hydrogen-bond acceptors (Lipinski definition) is 5. The molecule has 0 fully saturated rings. The smallest absolute Gasteiger partial charge is 0.747 e. The van der Waals surface area contributed by atoms with Gasteiger partial charge in [0.05, 0.1) is 5.37 Å². The number of nitrogens with two attached hydrogens (primary N) is 2. The standard InChI is InChI=1S/C4H12N2O3S.Na/c5-3-1-2-4(6)10(7,8)9;/h4H,1-3,5-6H2,(H,7,8,9);/q;+1/p-1. The minimum absolute atomic E-state index is 0. The van der Waals surface area contributed by atoms with Gasteiger partial charge in [0.15, 0.2) is 0 Å². The molecule has 0 aliphatic carbocycles. The quantitative estimate of drug-likeness (QED) is 0.343. The van der Waals surface area contributed by atoms with Crippen molar-refractivity contribution in [2.75, 3.05) is 6.54 Å². The van der Waals surface area contributed by atoms with Crippen LogP contribution in [0.1, 0.15) is 12.8 Å². The normalized spacial score (nSPS) is 13.7. The minimum atomic E-state index is -4.30. The topological polar surface area (TPSA) is 109 Å². The van der Waals surface area contributed by atoms with Crippen molar-refractivity contribution in [2.24, 2.45) is 11.5 Å². The van der Waals surface area contributed by atoms with E-state index in [1.165, 1.54) is 0 Å². The largest absolute Gasteiger partial charge is 1.00 e. The van der Waals surface area contributed by atoms with Gasteiger partial charge in [0.2, 0.25) is 0 Å². The maximum Gasteiger partial charge on any atom is 1.00 e. The molecule has 0 saturated heterocycles. The number of hydrogen-bond donors (Lipinski definition) is 2. The Kier molecular flexibility index (Phi) is 8.30. The molecule has 0 rings (SSSR count). The first-order valence-corrected chi connectivity index (χ1v) is 4.36. The average Bonchev–Trinajstić information content (AvgIpc) is 1.80. The molecule has 0 aliphatic rings. The van der Waals surface area contributed by atoms with Crippen molar-refractivity contribution in [1.82, 2.24) is 0 Å². The molecule has 4 N–H and O–H groups in total. The molecule has 62 valence electrons. The Balaban J connectivity index is 0. The van der Waals surface area contributed by atoms with E-state index in [1.807, 2.05) is 0 Å². The van der Waals surface area contributed by atoms with Crippen molar-refractivity contribution >= 4 is 10.1 Å². The monoisotopic (exact) mass is 190 g/mol. The van der Waals surface area contributed by atoms with Crippen LogP contribution in [0.5, 0.6) is 0 Å². The van der Waals surface area contributed by atoms with Crippen LogP contribution in [0, 0.1) is 0 Å². The first-order valence-electron chi connectivity index (χ1n) is 2.89. The van der Waals surface area contributed by atoms with Crippen molar-refractivity contribution in [3.63, 3.8) is 0 Å².